The van der Waals surface area contributed by atoms with Gasteiger partial charge >= 0.3 is 5.97 Å². The monoisotopic (exact) mass is 287 g/mol. The number of carbonyl (C=O) groups is 2. The lowest BCUT2D eigenvalue weighted by Crippen LogP contribution is -2.56. The molecule has 1 rings (SSSR count). The fraction of sp³-hybridized carbons (Fsp3) is 0.846. The Labute approximate surface area is 116 Å². The molecule has 1 aliphatic rings. The van der Waals surface area contributed by atoms with Gasteiger partial charge in [-0.05, 0) is 18.1 Å². The van der Waals surface area contributed by atoms with Gasteiger partial charge in [-0.1, -0.05) is 20.8 Å². The molecule has 1 fully saturated rings. The first kappa shape index (κ1) is 16.2. The van der Waals surface area contributed by atoms with E-state index in [1.807, 2.05) is 0 Å². The SMILES string of the molecule is CC(=O)O[C@@H]1CC(=O)N1CCO[Si](C)(C)C(C)(C)C. The van der Waals surface area contributed by atoms with Crippen molar-refractivity contribution in [2.24, 2.45) is 0 Å². The van der Waals surface area contributed by atoms with Crippen molar-refractivity contribution in [3.8, 4) is 0 Å². The Morgan fingerprint density at radius 1 is 1.42 bits per heavy atom. The number of esters is 1. The summed E-state index contributed by atoms with van der Waals surface area (Å²) in [4.78, 5) is 23.9. The molecule has 1 amide bonds. The predicted octanol–water partition coefficient (Wildman–Crippen LogP) is 2.13. The quantitative estimate of drug-likeness (QED) is 0.441. The molecule has 1 heterocycles. The van der Waals surface area contributed by atoms with Crippen molar-refractivity contribution in [1.82, 2.24) is 4.90 Å². The maximum atomic E-state index is 11.5. The maximum absolute atomic E-state index is 11.5. The molecule has 1 saturated heterocycles. The molecule has 0 N–H and O–H groups in total. The number of ether oxygens (including phenoxy) is 1. The molecule has 0 aliphatic carbocycles. The van der Waals surface area contributed by atoms with Crippen LogP contribution in [0.25, 0.3) is 0 Å². The molecule has 0 unspecified atom stereocenters. The minimum atomic E-state index is -1.78. The molecule has 0 saturated carbocycles. The van der Waals surface area contributed by atoms with Gasteiger partial charge in [-0.2, -0.15) is 0 Å². The maximum Gasteiger partial charge on any atom is 0.304 e. The van der Waals surface area contributed by atoms with Crippen molar-refractivity contribution in [3.63, 3.8) is 0 Å². The van der Waals surface area contributed by atoms with Gasteiger partial charge in [-0.25, -0.2) is 0 Å². The first-order valence-corrected chi connectivity index (χ1v) is 9.56. The summed E-state index contributed by atoms with van der Waals surface area (Å²) in [6.07, 6.45) is -0.104. The zero-order chi connectivity index (χ0) is 14.8. The molecule has 19 heavy (non-hydrogen) atoms. The number of hydrogen-bond donors (Lipinski definition) is 0. The minimum absolute atomic E-state index is 0.0186. The van der Waals surface area contributed by atoms with Gasteiger partial charge in [-0.15, -0.1) is 0 Å². The van der Waals surface area contributed by atoms with E-state index in [4.69, 9.17) is 9.16 Å². The second-order valence-electron chi connectivity index (χ2n) is 6.46. The molecule has 0 aromatic heterocycles. The van der Waals surface area contributed by atoms with E-state index < -0.39 is 14.5 Å². The van der Waals surface area contributed by atoms with Crippen LogP contribution in [0, 0.1) is 0 Å². The van der Waals surface area contributed by atoms with Gasteiger partial charge in [0, 0.05) is 13.5 Å². The summed E-state index contributed by atoms with van der Waals surface area (Å²) in [7, 11) is -1.78. The molecule has 6 heteroatoms. The van der Waals surface area contributed by atoms with E-state index in [2.05, 4.69) is 33.9 Å². The molecular weight excluding hydrogens is 262 g/mol. The zero-order valence-corrected chi connectivity index (χ0v) is 13.8. The van der Waals surface area contributed by atoms with E-state index in [1.165, 1.54) is 6.92 Å². The fourth-order valence-corrected chi connectivity index (χ4v) is 2.64. The first-order valence-electron chi connectivity index (χ1n) is 6.65. The highest BCUT2D eigenvalue weighted by molar-refractivity contribution is 6.74. The molecule has 0 aromatic rings. The Bertz CT molecular complexity index is 362. The highest BCUT2D eigenvalue weighted by Crippen LogP contribution is 2.36. The molecule has 0 bridgehead atoms. The number of β-lactam (4-membered cyclic amide) rings is 1. The third-order valence-electron chi connectivity index (χ3n) is 3.92. The molecule has 1 aliphatic heterocycles. The molecule has 1 atom stereocenters. The standard InChI is InChI=1S/C13H25NO4Si/c1-10(15)18-12-9-11(16)14(12)7-8-17-19(5,6)13(2,3)4/h12H,7-9H2,1-6H3/t12-/m1/s1. The van der Waals surface area contributed by atoms with Crippen molar-refractivity contribution in [2.75, 3.05) is 13.2 Å². The van der Waals surface area contributed by atoms with E-state index in [-0.39, 0.29) is 16.9 Å². The average molecular weight is 287 g/mol. The summed E-state index contributed by atoms with van der Waals surface area (Å²) in [5.74, 6) is -0.335. The van der Waals surface area contributed by atoms with Crippen LogP contribution >= 0.6 is 0 Å². The smallest absolute Gasteiger partial charge is 0.304 e. The van der Waals surface area contributed by atoms with E-state index in [0.29, 0.717) is 19.6 Å². The number of nitrogens with zero attached hydrogens (tertiary/aromatic N) is 1. The summed E-state index contributed by atoms with van der Waals surface area (Å²) in [6, 6.07) is 0. The number of rotatable bonds is 5. The summed E-state index contributed by atoms with van der Waals surface area (Å²) in [6.45, 7) is 13.2. The average Bonchev–Trinajstić information content (AvgIpc) is 2.21. The Balaban J connectivity index is 2.40. The number of likely N-dealkylation sites (tertiary alicyclic amines) is 1. The number of hydrogen-bond acceptors (Lipinski definition) is 4. The lowest BCUT2D eigenvalue weighted by molar-refractivity contribution is -0.183. The van der Waals surface area contributed by atoms with Crippen LogP contribution in [0.15, 0.2) is 0 Å². The van der Waals surface area contributed by atoms with Crippen molar-refractivity contribution in [1.29, 1.82) is 0 Å². The van der Waals surface area contributed by atoms with Crippen molar-refractivity contribution in [3.05, 3.63) is 0 Å². The summed E-state index contributed by atoms with van der Waals surface area (Å²) >= 11 is 0. The lowest BCUT2D eigenvalue weighted by Gasteiger charge is -2.41. The van der Waals surface area contributed by atoms with Gasteiger partial charge in [-0.3, -0.25) is 9.59 Å². The Morgan fingerprint density at radius 2 is 2.00 bits per heavy atom. The van der Waals surface area contributed by atoms with Crippen LogP contribution in [-0.4, -0.2) is 44.5 Å². The van der Waals surface area contributed by atoms with Gasteiger partial charge in [0.2, 0.25) is 5.91 Å². The van der Waals surface area contributed by atoms with Gasteiger partial charge in [0.25, 0.3) is 0 Å². The van der Waals surface area contributed by atoms with Crippen molar-refractivity contribution in [2.45, 2.75) is 58.5 Å². The van der Waals surface area contributed by atoms with E-state index in [0.717, 1.165) is 0 Å². The van der Waals surface area contributed by atoms with Crippen LogP contribution in [-0.2, 0) is 18.8 Å². The summed E-state index contributed by atoms with van der Waals surface area (Å²) < 4.78 is 11.0. The van der Waals surface area contributed by atoms with E-state index >= 15 is 0 Å². The zero-order valence-electron chi connectivity index (χ0n) is 12.8. The normalized spacial score (nSPS) is 20.2. The Hall–Kier alpha value is -0.883. The van der Waals surface area contributed by atoms with Gasteiger partial charge in [0.05, 0.1) is 13.0 Å². The summed E-state index contributed by atoms with van der Waals surface area (Å²) in [5, 5.41) is 0.154. The number of carbonyl (C=O) groups excluding carboxylic acids is 2. The lowest BCUT2D eigenvalue weighted by atomic mass is 10.1. The summed E-state index contributed by atoms with van der Waals surface area (Å²) in [5.41, 5.74) is 0. The largest absolute Gasteiger partial charge is 0.441 e. The molecule has 110 valence electrons. The van der Waals surface area contributed by atoms with Crippen LogP contribution in [0.2, 0.25) is 18.1 Å². The van der Waals surface area contributed by atoms with Crippen molar-refractivity contribution < 1.29 is 18.8 Å². The van der Waals surface area contributed by atoms with Crippen molar-refractivity contribution >= 4 is 20.2 Å². The van der Waals surface area contributed by atoms with E-state index in [1.54, 1.807) is 4.90 Å². The highest BCUT2D eigenvalue weighted by atomic mass is 28.4. The molecular formula is C13H25NO4Si. The Morgan fingerprint density at radius 3 is 2.42 bits per heavy atom. The molecule has 0 aromatic carbocycles. The third-order valence-corrected chi connectivity index (χ3v) is 8.46. The van der Waals surface area contributed by atoms with Gasteiger partial charge < -0.3 is 14.1 Å². The first-order chi connectivity index (χ1) is 8.54. The third kappa shape index (κ3) is 4.04. The van der Waals surface area contributed by atoms with Crippen LogP contribution in [0.4, 0.5) is 0 Å². The topological polar surface area (TPSA) is 55.8 Å². The van der Waals surface area contributed by atoms with Crippen LogP contribution in [0.1, 0.15) is 34.1 Å². The van der Waals surface area contributed by atoms with Gasteiger partial charge in [0.15, 0.2) is 14.5 Å². The fourth-order valence-electron chi connectivity index (χ4n) is 1.61. The molecule has 0 radical (unpaired) electrons. The second kappa shape index (κ2) is 5.62. The predicted molar refractivity (Wildman–Crippen MR) is 75.0 cm³/mol. The molecule has 5 nitrogen and oxygen atoms in total. The Kier molecular flexibility index (Phi) is 4.79. The van der Waals surface area contributed by atoms with Crippen LogP contribution in [0.5, 0.6) is 0 Å². The van der Waals surface area contributed by atoms with Crippen LogP contribution in [0.3, 0.4) is 0 Å². The minimum Gasteiger partial charge on any atom is -0.441 e. The second-order valence-corrected chi connectivity index (χ2v) is 11.3. The van der Waals surface area contributed by atoms with E-state index in [9.17, 15) is 9.59 Å². The molecule has 0 spiro atoms. The number of amides is 1. The van der Waals surface area contributed by atoms with Crippen LogP contribution < -0.4 is 0 Å². The van der Waals surface area contributed by atoms with Gasteiger partial charge in [0.1, 0.15) is 0 Å². The highest BCUT2D eigenvalue weighted by Gasteiger charge is 2.40.